The van der Waals surface area contributed by atoms with Crippen LogP contribution in [-0.4, -0.2) is 44.9 Å². The zero-order valence-corrected chi connectivity index (χ0v) is 25.3. The number of halogens is 1. The van der Waals surface area contributed by atoms with Crippen LogP contribution < -0.4 is 20.1 Å². The molecule has 0 aliphatic carbocycles. The van der Waals surface area contributed by atoms with Crippen LogP contribution in [-0.2, 0) is 35.3 Å². The first-order valence-corrected chi connectivity index (χ1v) is 14.7. The summed E-state index contributed by atoms with van der Waals surface area (Å²) in [5, 5.41) is 23.4. The molecule has 2 unspecified atom stereocenters. The van der Waals surface area contributed by atoms with E-state index in [2.05, 4.69) is 31.0 Å². The highest BCUT2D eigenvalue weighted by molar-refractivity contribution is 7.18. The smallest absolute Gasteiger partial charge is 0.256 e. The van der Waals surface area contributed by atoms with E-state index in [9.17, 15) is 14.0 Å². The van der Waals surface area contributed by atoms with Crippen molar-refractivity contribution in [3.05, 3.63) is 82.5 Å². The van der Waals surface area contributed by atoms with Gasteiger partial charge >= 0.3 is 0 Å². The fourth-order valence-corrected chi connectivity index (χ4v) is 4.93. The normalized spacial score (nSPS) is 12.3. The number of unbranched alkanes of at least 4 members (excludes halogenated alkanes) is 1. The van der Waals surface area contributed by atoms with Crippen molar-refractivity contribution < 1.29 is 23.5 Å². The van der Waals surface area contributed by atoms with Crippen LogP contribution in [0.2, 0.25) is 0 Å². The Labute approximate surface area is 249 Å². The van der Waals surface area contributed by atoms with Gasteiger partial charge in [-0.05, 0) is 66.8 Å². The number of carbonyl (C=O) groups is 2. The molecule has 4 aromatic rings. The fourth-order valence-electron chi connectivity index (χ4n) is 4.00. The quantitative estimate of drug-likeness (QED) is 0.148. The third-order valence-electron chi connectivity index (χ3n) is 5.85. The van der Waals surface area contributed by atoms with Gasteiger partial charge in [-0.1, -0.05) is 44.8 Å². The second kappa shape index (κ2) is 14.7. The molecule has 2 N–H and O–H groups in total. The molecule has 0 saturated heterocycles. The zero-order valence-electron chi connectivity index (χ0n) is 23.3. The molecule has 13 heteroatoms. The Morgan fingerprint density at radius 3 is 2.21 bits per heavy atom. The monoisotopic (exact) mass is 610 g/mol. The van der Waals surface area contributed by atoms with Crippen molar-refractivity contribution in [2.75, 3.05) is 17.7 Å². The molecular formula is C29H32FN6O4PS. The van der Waals surface area contributed by atoms with Crippen LogP contribution in [0.3, 0.4) is 0 Å². The molecule has 0 radical (unpaired) electrons. The standard InChI is InChI=1S/C29H32FN6O4PS/c1-29(30,41)40-23-11-6-8-20(16-23)17-25(37)31-24-14-13-21(33-34-24)9-3-4-12-27-35-36-28(42-27)32-26(38)18-19-7-5-10-22(15-19)39-2/h5-8,10-11,13-16H,3-4,9,12,17-18,41H2,1-2H3,(H,31,34,37)(H,32,36,38). The lowest BCUT2D eigenvalue weighted by molar-refractivity contribution is -0.116. The number of aryl methyl sites for hydroxylation is 2. The van der Waals surface area contributed by atoms with Gasteiger partial charge < -0.3 is 20.1 Å². The molecule has 0 saturated carbocycles. The third-order valence-corrected chi connectivity index (χ3v) is 6.87. The highest BCUT2D eigenvalue weighted by Gasteiger charge is 2.17. The number of hydrogen-bond donors (Lipinski definition) is 2. The van der Waals surface area contributed by atoms with Crippen LogP contribution in [0.4, 0.5) is 15.3 Å². The number of aromatic nitrogens is 4. The van der Waals surface area contributed by atoms with Crippen molar-refractivity contribution in [3.63, 3.8) is 0 Å². The molecule has 2 aromatic heterocycles. The van der Waals surface area contributed by atoms with Gasteiger partial charge in [-0.15, -0.1) is 15.3 Å². The Bertz CT molecular complexity index is 1500. The number of amides is 2. The summed E-state index contributed by atoms with van der Waals surface area (Å²) in [6.45, 7) is 1.28. The summed E-state index contributed by atoms with van der Waals surface area (Å²) in [4.78, 5) is 24.8. The molecule has 10 nitrogen and oxygen atoms in total. The van der Waals surface area contributed by atoms with Crippen LogP contribution in [0, 0.1) is 0 Å². The number of hydrogen-bond acceptors (Lipinski definition) is 9. The Balaban J connectivity index is 1.15. The topological polar surface area (TPSA) is 128 Å². The number of carbonyl (C=O) groups excluding carboxylic acids is 2. The van der Waals surface area contributed by atoms with Crippen LogP contribution >= 0.6 is 20.6 Å². The van der Waals surface area contributed by atoms with E-state index >= 15 is 0 Å². The fraction of sp³-hybridized carbons (Fsp3) is 0.310. The minimum atomic E-state index is -1.89. The van der Waals surface area contributed by atoms with E-state index in [0.29, 0.717) is 28.0 Å². The van der Waals surface area contributed by atoms with Crippen molar-refractivity contribution in [2.24, 2.45) is 0 Å². The highest BCUT2D eigenvalue weighted by Crippen LogP contribution is 2.26. The largest absolute Gasteiger partial charge is 0.497 e. The number of nitrogens with one attached hydrogen (secondary N) is 2. The van der Waals surface area contributed by atoms with Crippen LogP contribution in [0.25, 0.3) is 0 Å². The molecule has 2 heterocycles. The molecule has 0 spiro atoms. The maximum Gasteiger partial charge on any atom is 0.256 e. The summed E-state index contributed by atoms with van der Waals surface area (Å²) >= 11 is 1.37. The number of benzene rings is 2. The average molecular weight is 611 g/mol. The second-order valence-corrected chi connectivity index (χ2v) is 11.7. The second-order valence-electron chi connectivity index (χ2n) is 9.65. The summed E-state index contributed by atoms with van der Waals surface area (Å²) in [7, 11) is 3.56. The first kappa shape index (κ1) is 30.9. The summed E-state index contributed by atoms with van der Waals surface area (Å²) in [6.07, 6.45) is 3.50. The number of methoxy groups -OCH3 is 1. The first-order valence-electron chi connectivity index (χ1n) is 13.3. The van der Waals surface area contributed by atoms with Crippen LogP contribution in [0.5, 0.6) is 11.5 Å². The van der Waals surface area contributed by atoms with Gasteiger partial charge in [0, 0.05) is 13.3 Å². The molecule has 2 amide bonds. The lowest BCUT2D eigenvalue weighted by atomic mass is 10.1. The number of nitrogens with zero attached hydrogens (tertiary/aromatic N) is 4. The van der Waals surface area contributed by atoms with E-state index < -0.39 is 5.60 Å². The minimum absolute atomic E-state index is 0.0831. The van der Waals surface area contributed by atoms with Crippen LogP contribution in [0.15, 0.2) is 60.7 Å². The lowest BCUT2D eigenvalue weighted by Gasteiger charge is -2.17. The van der Waals surface area contributed by atoms with Crippen LogP contribution in [0.1, 0.15) is 41.6 Å². The van der Waals surface area contributed by atoms with Crippen molar-refractivity contribution >= 4 is 43.3 Å². The average Bonchev–Trinajstić information content (AvgIpc) is 3.38. The lowest BCUT2D eigenvalue weighted by Crippen LogP contribution is -2.18. The van der Waals surface area contributed by atoms with Crippen molar-refractivity contribution in [1.82, 2.24) is 20.4 Å². The van der Waals surface area contributed by atoms with Gasteiger partial charge in [0.1, 0.15) is 16.5 Å². The molecular weight excluding hydrogens is 578 g/mol. The molecule has 0 aliphatic rings. The number of rotatable bonds is 14. The number of alkyl halides is 1. The third kappa shape index (κ3) is 10.4. The molecule has 42 heavy (non-hydrogen) atoms. The summed E-state index contributed by atoms with van der Waals surface area (Å²) in [6, 6.07) is 17.6. The number of ether oxygens (including phenoxy) is 2. The molecule has 0 aliphatic heterocycles. The summed E-state index contributed by atoms with van der Waals surface area (Å²) < 4.78 is 24.1. The van der Waals surface area contributed by atoms with Gasteiger partial charge in [0.2, 0.25) is 16.9 Å². The Hall–Kier alpha value is -4.02. The maximum absolute atomic E-state index is 13.7. The minimum Gasteiger partial charge on any atom is -0.497 e. The van der Waals surface area contributed by atoms with E-state index in [0.717, 1.165) is 41.9 Å². The molecule has 2 atom stereocenters. The molecule has 220 valence electrons. The molecule has 0 bridgehead atoms. The van der Waals surface area contributed by atoms with E-state index in [1.54, 1.807) is 37.4 Å². The van der Waals surface area contributed by atoms with Crippen molar-refractivity contribution in [1.29, 1.82) is 0 Å². The number of anilines is 2. The van der Waals surface area contributed by atoms with Gasteiger partial charge in [-0.3, -0.25) is 9.59 Å². The molecule has 2 aromatic carbocycles. The van der Waals surface area contributed by atoms with Gasteiger partial charge in [0.05, 0.1) is 25.6 Å². The Morgan fingerprint density at radius 1 is 0.881 bits per heavy atom. The van der Waals surface area contributed by atoms with E-state index in [1.165, 1.54) is 18.3 Å². The van der Waals surface area contributed by atoms with E-state index in [4.69, 9.17) is 9.47 Å². The summed E-state index contributed by atoms with van der Waals surface area (Å²) in [5.41, 5.74) is 0.457. The van der Waals surface area contributed by atoms with Crippen molar-refractivity contribution in [3.8, 4) is 11.5 Å². The highest BCUT2D eigenvalue weighted by atomic mass is 32.1. The Kier molecular flexibility index (Phi) is 10.9. The van der Waals surface area contributed by atoms with Crippen molar-refractivity contribution in [2.45, 2.75) is 51.0 Å². The molecule has 0 fully saturated rings. The van der Waals surface area contributed by atoms with Gasteiger partial charge in [-0.2, -0.15) is 9.49 Å². The van der Waals surface area contributed by atoms with Gasteiger partial charge in [0.25, 0.3) is 5.60 Å². The van der Waals surface area contributed by atoms with E-state index in [1.807, 2.05) is 39.6 Å². The predicted molar refractivity (Wildman–Crippen MR) is 163 cm³/mol. The first-order chi connectivity index (χ1) is 20.1. The predicted octanol–water partition coefficient (Wildman–Crippen LogP) is 5.16. The molecule has 4 rings (SSSR count). The maximum atomic E-state index is 13.7. The summed E-state index contributed by atoms with van der Waals surface area (Å²) in [5.74, 6) is 0.966. The Morgan fingerprint density at radius 2 is 1.55 bits per heavy atom. The van der Waals surface area contributed by atoms with E-state index in [-0.39, 0.29) is 24.7 Å². The van der Waals surface area contributed by atoms with Gasteiger partial charge in [-0.25, -0.2) is 0 Å². The SMILES string of the molecule is COc1cccc(CC(=O)Nc2nnc(CCCCc3ccc(NC(=O)Cc4cccc(OC(C)(F)P)c4)nn3)s2)c1. The zero-order chi connectivity index (χ0) is 30.0. The van der Waals surface area contributed by atoms with Gasteiger partial charge in [0.15, 0.2) is 5.82 Å².